The first-order valence-electron chi connectivity index (χ1n) is 11.2. The van der Waals surface area contributed by atoms with E-state index >= 15 is 0 Å². The molecule has 0 atom stereocenters. The molecule has 0 aliphatic carbocycles. The standard InChI is InChI=1S/C23H29ClN4O4S/c24-20-5-4-6-21(23(20)28-13-15-32-16-14-28)25-22(29)17-33(30,31)26-18-7-9-19(10-8-18)27-11-2-1-3-12-27/h4-10,26H,1-3,11-17H2,(H,25,29). The van der Waals surface area contributed by atoms with Crippen molar-refractivity contribution in [1.82, 2.24) is 0 Å². The number of benzene rings is 2. The number of sulfonamides is 1. The third-order valence-electron chi connectivity index (χ3n) is 5.77. The van der Waals surface area contributed by atoms with E-state index in [9.17, 15) is 13.2 Å². The van der Waals surface area contributed by atoms with Gasteiger partial charge in [-0.15, -0.1) is 0 Å². The molecule has 1 amide bonds. The Labute approximate surface area is 199 Å². The fraction of sp³-hybridized carbons (Fsp3) is 0.435. The van der Waals surface area contributed by atoms with Gasteiger partial charge in [0.2, 0.25) is 15.9 Å². The highest BCUT2D eigenvalue weighted by Gasteiger charge is 2.22. The summed E-state index contributed by atoms with van der Waals surface area (Å²) in [5.74, 6) is -1.33. The van der Waals surface area contributed by atoms with Crippen LogP contribution < -0.4 is 19.8 Å². The fourth-order valence-corrected chi connectivity index (χ4v) is 5.47. The molecule has 2 N–H and O–H groups in total. The predicted molar refractivity (Wildman–Crippen MR) is 133 cm³/mol. The Morgan fingerprint density at radius 2 is 1.64 bits per heavy atom. The first-order chi connectivity index (χ1) is 15.9. The zero-order valence-corrected chi connectivity index (χ0v) is 20.0. The van der Waals surface area contributed by atoms with Crippen molar-refractivity contribution in [2.45, 2.75) is 19.3 Å². The van der Waals surface area contributed by atoms with Gasteiger partial charge < -0.3 is 19.9 Å². The van der Waals surface area contributed by atoms with Crippen LogP contribution in [-0.2, 0) is 19.6 Å². The van der Waals surface area contributed by atoms with Crippen LogP contribution in [0.1, 0.15) is 19.3 Å². The maximum Gasteiger partial charge on any atom is 0.241 e. The van der Waals surface area contributed by atoms with Gasteiger partial charge in [-0.2, -0.15) is 0 Å². The molecule has 8 nitrogen and oxygen atoms in total. The number of anilines is 4. The van der Waals surface area contributed by atoms with E-state index in [0.29, 0.717) is 48.4 Å². The number of hydrogen-bond acceptors (Lipinski definition) is 6. The number of para-hydroxylation sites is 1. The highest BCUT2D eigenvalue weighted by molar-refractivity contribution is 7.93. The van der Waals surface area contributed by atoms with Gasteiger partial charge in [-0.1, -0.05) is 17.7 Å². The lowest BCUT2D eigenvalue weighted by atomic mass is 10.1. The second-order valence-electron chi connectivity index (χ2n) is 8.24. The van der Waals surface area contributed by atoms with Crippen LogP contribution >= 0.6 is 11.6 Å². The number of nitrogens with one attached hydrogen (secondary N) is 2. The van der Waals surface area contributed by atoms with Gasteiger partial charge in [0.25, 0.3) is 0 Å². The molecule has 178 valence electrons. The van der Waals surface area contributed by atoms with Crippen LogP contribution in [0, 0.1) is 0 Å². The molecule has 2 saturated heterocycles. The quantitative estimate of drug-likeness (QED) is 0.614. The Hall–Kier alpha value is -2.49. The minimum absolute atomic E-state index is 0.431. The average molecular weight is 493 g/mol. The summed E-state index contributed by atoms with van der Waals surface area (Å²) in [5, 5.41) is 3.20. The third kappa shape index (κ3) is 6.31. The number of halogens is 1. The number of carbonyl (C=O) groups excluding carboxylic acids is 1. The van der Waals surface area contributed by atoms with Gasteiger partial charge in [-0.05, 0) is 55.7 Å². The zero-order valence-electron chi connectivity index (χ0n) is 18.4. The number of nitrogens with zero attached hydrogens (tertiary/aromatic N) is 2. The monoisotopic (exact) mass is 492 g/mol. The molecule has 0 aromatic heterocycles. The molecule has 2 aliphatic heterocycles. The lowest BCUT2D eigenvalue weighted by Crippen LogP contribution is -2.37. The summed E-state index contributed by atoms with van der Waals surface area (Å²) in [6.07, 6.45) is 3.59. The molecule has 2 aromatic rings. The van der Waals surface area contributed by atoms with Crippen molar-refractivity contribution in [2.24, 2.45) is 0 Å². The molecule has 0 bridgehead atoms. The normalized spacial score (nSPS) is 17.0. The molecule has 0 spiro atoms. The Morgan fingerprint density at radius 3 is 2.33 bits per heavy atom. The van der Waals surface area contributed by atoms with Gasteiger partial charge in [-0.25, -0.2) is 8.42 Å². The van der Waals surface area contributed by atoms with Gasteiger partial charge in [0.05, 0.1) is 29.6 Å². The molecule has 0 saturated carbocycles. The number of carbonyl (C=O) groups is 1. The number of amides is 1. The van der Waals surface area contributed by atoms with Crippen LogP contribution in [0.5, 0.6) is 0 Å². The van der Waals surface area contributed by atoms with Crippen molar-refractivity contribution >= 4 is 50.3 Å². The van der Waals surface area contributed by atoms with Crippen molar-refractivity contribution < 1.29 is 17.9 Å². The summed E-state index contributed by atoms with van der Waals surface area (Å²) >= 11 is 6.39. The maximum atomic E-state index is 12.6. The molecule has 2 aromatic carbocycles. The molecular weight excluding hydrogens is 464 g/mol. The van der Waals surface area contributed by atoms with E-state index in [0.717, 1.165) is 18.8 Å². The SMILES string of the molecule is O=C(CS(=O)(=O)Nc1ccc(N2CCCCC2)cc1)Nc1cccc(Cl)c1N1CCOCC1. The van der Waals surface area contributed by atoms with Crippen molar-refractivity contribution in [1.29, 1.82) is 0 Å². The van der Waals surface area contributed by atoms with Gasteiger partial charge in [0.15, 0.2) is 0 Å². The van der Waals surface area contributed by atoms with E-state index in [4.69, 9.17) is 16.3 Å². The number of morpholine rings is 1. The van der Waals surface area contributed by atoms with Gasteiger partial charge in [-0.3, -0.25) is 9.52 Å². The summed E-state index contributed by atoms with van der Waals surface area (Å²) in [5.41, 5.74) is 2.66. The second-order valence-corrected chi connectivity index (χ2v) is 10.4. The Morgan fingerprint density at radius 1 is 0.939 bits per heavy atom. The summed E-state index contributed by atoms with van der Waals surface area (Å²) in [6.45, 7) is 4.43. The lowest BCUT2D eigenvalue weighted by molar-refractivity contribution is -0.113. The van der Waals surface area contributed by atoms with Gasteiger partial charge in [0.1, 0.15) is 5.75 Å². The number of hydrogen-bond donors (Lipinski definition) is 2. The Kier molecular flexibility index (Phi) is 7.62. The van der Waals surface area contributed by atoms with Crippen molar-refractivity contribution in [3.05, 3.63) is 47.5 Å². The van der Waals surface area contributed by atoms with Crippen LogP contribution in [0.15, 0.2) is 42.5 Å². The van der Waals surface area contributed by atoms with E-state index in [-0.39, 0.29) is 0 Å². The van der Waals surface area contributed by atoms with E-state index in [1.807, 2.05) is 17.0 Å². The molecule has 2 aliphatic rings. The molecule has 2 heterocycles. The smallest absolute Gasteiger partial charge is 0.241 e. The van der Waals surface area contributed by atoms with E-state index in [2.05, 4.69) is 14.9 Å². The largest absolute Gasteiger partial charge is 0.378 e. The summed E-state index contributed by atoms with van der Waals surface area (Å²) in [6, 6.07) is 12.5. The highest BCUT2D eigenvalue weighted by atomic mass is 35.5. The third-order valence-corrected chi connectivity index (χ3v) is 7.27. The lowest BCUT2D eigenvalue weighted by Gasteiger charge is -2.31. The zero-order chi connectivity index (χ0) is 23.3. The van der Waals surface area contributed by atoms with Crippen LogP contribution in [0.3, 0.4) is 0 Å². The van der Waals surface area contributed by atoms with Gasteiger partial charge >= 0.3 is 0 Å². The topological polar surface area (TPSA) is 91.0 Å². The molecule has 10 heteroatoms. The Balaban J connectivity index is 1.38. The van der Waals surface area contributed by atoms with Crippen LogP contribution in [0.25, 0.3) is 0 Å². The number of rotatable bonds is 7. The van der Waals surface area contributed by atoms with Crippen molar-refractivity contribution in [3.63, 3.8) is 0 Å². The first kappa shape index (κ1) is 23.7. The minimum Gasteiger partial charge on any atom is -0.378 e. The Bertz CT molecular complexity index is 1070. The molecule has 0 unspecified atom stereocenters. The second kappa shape index (κ2) is 10.6. The molecule has 33 heavy (non-hydrogen) atoms. The first-order valence-corrected chi connectivity index (χ1v) is 13.2. The van der Waals surface area contributed by atoms with Crippen molar-refractivity contribution in [3.8, 4) is 0 Å². The summed E-state index contributed by atoms with van der Waals surface area (Å²) in [4.78, 5) is 16.9. The van der Waals surface area contributed by atoms with Crippen LogP contribution in [-0.4, -0.2) is 59.5 Å². The van der Waals surface area contributed by atoms with Crippen molar-refractivity contribution in [2.75, 3.05) is 65.0 Å². The number of piperidine rings is 1. The summed E-state index contributed by atoms with van der Waals surface area (Å²) < 4.78 is 33.1. The molecule has 2 fully saturated rings. The minimum atomic E-state index is -3.88. The molecule has 0 radical (unpaired) electrons. The maximum absolute atomic E-state index is 12.6. The van der Waals surface area contributed by atoms with E-state index < -0.39 is 21.7 Å². The van der Waals surface area contributed by atoms with E-state index in [1.165, 1.54) is 19.3 Å². The number of ether oxygens (including phenoxy) is 1. The molecule has 4 rings (SSSR count). The van der Waals surface area contributed by atoms with Gasteiger partial charge in [0, 0.05) is 37.6 Å². The highest BCUT2D eigenvalue weighted by Crippen LogP contribution is 2.34. The summed E-state index contributed by atoms with van der Waals surface area (Å²) in [7, 11) is -3.88. The van der Waals surface area contributed by atoms with E-state index in [1.54, 1.807) is 30.3 Å². The van der Waals surface area contributed by atoms with Crippen LogP contribution in [0.2, 0.25) is 5.02 Å². The van der Waals surface area contributed by atoms with Crippen LogP contribution in [0.4, 0.5) is 22.7 Å². The molecular formula is C23H29ClN4O4S. The predicted octanol–water partition coefficient (Wildman–Crippen LogP) is 3.55. The fourth-order valence-electron chi connectivity index (χ4n) is 4.19. The average Bonchev–Trinajstić information content (AvgIpc) is 2.80.